The highest BCUT2D eigenvalue weighted by Gasteiger charge is 2.36. The van der Waals surface area contributed by atoms with Gasteiger partial charge >= 0.3 is 0 Å². The Morgan fingerprint density at radius 3 is 2.42 bits per heavy atom. The number of benzene rings is 1. The molecule has 3 rings (SSSR count). The maximum Gasteiger partial charge on any atom is 0.289 e. The van der Waals surface area contributed by atoms with Crippen molar-refractivity contribution in [2.24, 2.45) is 0 Å². The summed E-state index contributed by atoms with van der Waals surface area (Å²) in [7, 11) is -3.96. The summed E-state index contributed by atoms with van der Waals surface area (Å²) in [5.74, 6) is 0. The van der Waals surface area contributed by atoms with Crippen molar-refractivity contribution in [1.82, 2.24) is 9.21 Å². The van der Waals surface area contributed by atoms with Gasteiger partial charge in [-0.05, 0) is 50.9 Å². The number of likely N-dealkylation sites (tertiary alicyclic amines) is 1. The second-order valence-electron chi connectivity index (χ2n) is 6.98. The third-order valence-corrected chi connectivity index (χ3v) is 7.38. The van der Waals surface area contributed by atoms with E-state index in [0.717, 1.165) is 44.8 Å². The van der Waals surface area contributed by atoms with E-state index >= 15 is 0 Å². The van der Waals surface area contributed by atoms with Gasteiger partial charge in [-0.15, -0.1) is 0 Å². The molecule has 2 heterocycles. The first kappa shape index (κ1) is 19.5. The molecule has 1 unspecified atom stereocenters. The number of hydrogen-bond acceptors (Lipinski definition) is 5. The van der Waals surface area contributed by atoms with Crippen molar-refractivity contribution >= 4 is 27.3 Å². The average molecular weight is 402 g/mol. The Morgan fingerprint density at radius 2 is 1.77 bits per heavy atom. The fraction of sp³-hybridized carbons (Fsp3) is 0.647. The fourth-order valence-electron chi connectivity index (χ4n) is 3.88. The van der Waals surface area contributed by atoms with Gasteiger partial charge in [0, 0.05) is 30.2 Å². The highest BCUT2D eigenvalue weighted by molar-refractivity contribution is 7.89. The third-order valence-electron chi connectivity index (χ3n) is 5.25. The van der Waals surface area contributed by atoms with Gasteiger partial charge in [0.05, 0.1) is 4.92 Å². The van der Waals surface area contributed by atoms with Gasteiger partial charge in [-0.2, -0.15) is 4.31 Å². The number of piperidine rings is 1. The zero-order valence-corrected chi connectivity index (χ0v) is 16.2. The minimum absolute atomic E-state index is 0.176. The van der Waals surface area contributed by atoms with E-state index in [0.29, 0.717) is 13.1 Å². The van der Waals surface area contributed by atoms with Crippen molar-refractivity contribution in [2.45, 2.75) is 49.5 Å². The van der Waals surface area contributed by atoms with Crippen LogP contribution in [0.3, 0.4) is 0 Å². The van der Waals surface area contributed by atoms with Crippen LogP contribution in [0.25, 0.3) is 0 Å². The minimum atomic E-state index is -3.96. The molecular formula is C17H24ClN3O4S. The van der Waals surface area contributed by atoms with Crippen LogP contribution >= 0.6 is 11.6 Å². The second kappa shape index (κ2) is 8.21. The van der Waals surface area contributed by atoms with Crippen LogP contribution in [-0.4, -0.2) is 54.8 Å². The number of nitro benzene ring substituents is 1. The van der Waals surface area contributed by atoms with Crippen molar-refractivity contribution in [3.8, 4) is 0 Å². The van der Waals surface area contributed by atoms with Crippen molar-refractivity contribution < 1.29 is 13.3 Å². The topological polar surface area (TPSA) is 83.8 Å². The molecular weight excluding hydrogens is 378 g/mol. The molecule has 0 radical (unpaired) electrons. The molecule has 0 amide bonds. The highest BCUT2D eigenvalue weighted by Crippen LogP contribution is 2.31. The van der Waals surface area contributed by atoms with E-state index in [4.69, 9.17) is 11.6 Å². The van der Waals surface area contributed by atoms with Crippen LogP contribution in [0.15, 0.2) is 23.1 Å². The summed E-state index contributed by atoms with van der Waals surface area (Å²) in [6.07, 6.45) is 6.45. The van der Waals surface area contributed by atoms with Crippen molar-refractivity contribution in [3.63, 3.8) is 0 Å². The van der Waals surface area contributed by atoms with Crippen LogP contribution in [0.1, 0.15) is 38.5 Å². The van der Waals surface area contributed by atoms with E-state index in [1.807, 2.05) is 0 Å². The quantitative estimate of drug-likeness (QED) is 0.571. The van der Waals surface area contributed by atoms with E-state index in [1.54, 1.807) is 0 Å². The first-order chi connectivity index (χ1) is 12.4. The standard InChI is InChI=1S/C17H24ClN3O4S/c18-14-7-8-16(21(22)23)17(12-14)26(24,25)20-11-5-6-15(13-20)19-9-3-1-2-4-10-19/h7-8,12,15H,1-6,9-11,13H2. The molecule has 0 bridgehead atoms. The fourth-order valence-corrected chi connectivity index (χ4v) is 5.82. The number of sulfonamides is 1. The second-order valence-corrected chi connectivity index (χ2v) is 9.32. The molecule has 0 saturated carbocycles. The molecule has 0 spiro atoms. The summed E-state index contributed by atoms with van der Waals surface area (Å²) in [6.45, 7) is 2.76. The van der Waals surface area contributed by atoms with E-state index < -0.39 is 20.6 Å². The Labute approximate surface area is 159 Å². The minimum Gasteiger partial charge on any atom is -0.299 e. The predicted octanol–water partition coefficient (Wildman–Crippen LogP) is 3.28. The summed E-state index contributed by atoms with van der Waals surface area (Å²) >= 11 is 5.92. The molecule has 0 aromatic heterocycles. The first-order valence-corrected chi connectivity index (χ1v) is 10.9. The Balaban J connectivity index is 1.85. The molecule has 144 valence electrons. The number of nitrogens with zero attached hydrogens (tertiary/aromatic N) is 3. The van der Waals surface area contributed by atoms with Crippen molar-refractivity contribution in [1.29, 1.82) is 0 Å². The van der Waals surface area contributed by atoms with Gasteiger partial charge in [-0.3, -0.25) is 15.0 Å². The van der Waals surface area contributed by atoms with Gasteiger partial charge in [-0.1, -0.05) is 24.4 Å². The molecule has 2 fully saturated rings. The van der Waals surface area contributed by atoms with Crippen molar-refractivity contribution in [3.05, 3.63) is 33.3 Å². The number of rotatable bonds is 4. The van der Waals surface area contributed by atoms with Crippen LogP contribution in [0.2, 0.25) is 5.02 Å². The summed E-state index contributed by atoms with van der Waals surface area (Å²) in [6, 6.07) is 3.86. The van der Waals surface area contributed by atoms with Gasteiger partial charge in [0.1, 0.15) is 0 Å². The lowest BCUT2D eigenvalue weighted by molar-refractivity contribution is -0.387. The summed E-state index contributed by atoms with van der Waals surface area (Å²) in [5.41, 5.74) is -0.425. The molecule has 26 heavy (non-hydrogen) atoms. The van der Waals surface area contributed by atoms with Gasteiger partial charge < -0.3 is 0 Å². The van der Waals surface area contributed by atoms with Crippen molar-refractivity contribution in [2.75, 3.05) is 26.2 Å². The Bertz CT molecular complexity index is 763. The number of nitro groups is 1. The van der Waals surface area contributed by atoms with Gasteiger partial charge in [-0.25, -0.2) is 8.42 Å². The zero-order valence-electron chi connectivity index (χ0n) is 14.6. The third kappa shape index (κ3) is 4.19. The van der Waals surface area contributed by atoms with Crippen LogP contribution in [-0.2, 0) is 10.0 Å². The number of hydrogen-bond donors (Lipinski definition) is 0. The lowest BCUT2D eigenvalue weighted by atomic mass is 10.1. The van der Waals surface area contributed by atoms with Gasteiger partial charge in [0.25, 0.3) is 5.69 Å². The molecule has 9 heteroatoms. The van der Waals surface area contributed by atoms with E-state index in [2.05, 4.69) is 4.90 Å². The first-order valence-electron chi connectivity index (χ1n) is 9.08. The van der Waals surface area contributed by atoms with E-state index in [9.17, 15) is 18.5 Å². The molecule has 1 aromatic rings. The SMILES string of the molecule is O=[N+]([O-])c1ccc(Cl)cc1S(=O)(=O)N1CCCC(N2CCCCCC2)C1. The van der Waals surface area contributed by atoms with Gasteiger partial charge in [0.2, 0.25) is 10.0 Å². The maximum absolute atomic E-state index is 13.1. The van der Waals surface area contributed by atoms with Crippen LogP contribution in [0.4, 0.5) is 5.69 Å². The highest BCUT2D eigenvalue weighted by atomic mass is 35.5. The number of halogens is 1. The molecule has 1 aromatic carbocycles. The molecule has 1 atom stereocenters. The average Bonchev–Trinajstić information content (AvgIpc) is 2.91. The van der Waals surface area contributed by atoms with Crippen LogP contribution in [0.5, 0.6) is 0 Å². The van der Waals surface area contributed by atoms with E-state index in [-0.39, 0.29) is 16.0 Å². The molecule has 2 saturated heterocycles. The summed E-state index contributed by atoms with van der Waals surface area (Å²) in [5, 5.41) is 11.5. The molecule has 0 N–H and O–H groups in total. The lowest BCUT2D eigenvalue weighted by Crippen LogP contribution is -2.50. The Morgan fingerprint density at radius 1 is 1.08 bits per heavy atom. The summed E-state index contributed by atoms with van der Waals surface area (Å²) < 4.78 is 27.6. The van der Waals surface area contributed by atoms with E-state index in [1.165, 1.54) is 29.3 Å². The van der Waals surface area contributed by atoms with Crippen LogP contribution < -0.4 is 0 Å². The molecule has 2 aliphatic heterocycles. The largest absolute Gasteiger partial charge is 0.299 e. The normalized spacial score (nSPS) is 23.5. The maximum atomic E-state index is 13.1. The molecule has 0 aliphatic carbocycles. The van der Waals surface area contributed by atoms with Crippen LogP contribution in [0, 0.1) is 10.1 Å². The van der Waals surface area contributed by atoms with Gasteiger partial charge in [0.15, 0.2) is 4.90 Å². The monoisotopic (exact) mass is 401 g/mol. The smallest absolute Gasteiger partial charge is 0.289 e. The Hall–Kier alpha value is -1.22. The zero-order chi connectivity index (χ0) is 18.7. The lowest BCUT2D eigenvalue weighted by Gasteiger charge is -2.38. The summed E-state index contributed by atoms with van der Waals surface area (Å²) in [4.78, 5) is 12.7. The Kier molecular flexibility index (Phi) is 6.17. The molecule has 2 aliphatic rings. The molecule has 7 nitrogen and oxygen atoms in total. The predicted molar refractivity (Wildman–Crippen MR) is 99.9 cm³/mol.